The molecule has 3 aliphatic heterocycles. The van der Waals surface area contributed by atoms with Gasteiger partial charge in [0.05, 0.1) is 18.8 Å². The van der Waals surface area contributed by atoms with Crippen LogP contribution < -0.4 is 0 Å². The van der Waals surface area contributed by atoms with Crippen LogP contribution >= 0.6 is 0 Å². The highest BCUT2D eigenvalue weighted by molar-refractivity contribution is 5.88. The zero-order valence-electron chi connectivity index (χ0n) is 19.4. The van der Waals surface area contributed by atoms with Crippen molar-refractivity contribution in [3.8, 4) is 0 Å². The summed E-state index contributed by atoms with van der Waals surface area (Å²) in [5.74, 6) is -3.69. The molecule has 0 aliphatic carbocycles. The van der Waals surface area contributed by atoms with E-state index in [1.165, 1.54) is 0 Å². The lowest BCUT2D eigenvalue weighted by molar-refractivity contribution is -0.325. The summed E-state index contributed by atoms with van der Waals surface area (Å²) < 4.78 is 37.7. The Morgan fingerprint density at radius 3 is 2.58 bits per heavy atom. The Morgan fingerprint density at radius 2 is 1.88 bits per heavy atom. The molecule has 10 heteroatoms. The van der Waals surface area contributed by atoms with Crippen LogP contribution in [-0.4, -0.2) is 69.9 Å². The molecule has 0 saturated carbocycles. The smallest absolute Gasteiger partial charge is 0.361 e. The van der Waals surface area contributed by atoms with E-state index in [9.17, 15) is 4.79 Å². The second-order valence-electron chi connectivity index (χ2n) is 9.54. The fourth-order valence-electron chi connectivity index (χ4n) is 4.55. The molecule has 10 nitrogen and oxygen atoms in total. The number of ether oxygens (including phenoxy) is 6. The highest BCUT2D eigenvalue weighted by Gasteiger charge is 2.64. The Hall–Kier alpha value is -2.37. The van der Waals surface area contributed by atoms with Gasteiger partial charge in [0.25, 0.3) is 0 Å². The van der Waals surface area contributed by atoms with Crippen molar-refractivity contribution in [2.75, 3.05) is 13.2 Å². The second-order valence-corrected chi connectivity index (χ2v) is 9.54. The zero-order chi connectivity index (χ0) is 23.4. The second kappa shape index (κ2) is 7.85. The van der Waals surface area contributed by atoms with Gasteiger partial charge in [-0.1, -0.05) is 35.5 Å². The molecule has 0 amide bonds. The van der Waals surface area contributed by atoms with Crippen molar-refractivity contribution in [1.29, 1.82) is 0 Å². The zero-order valence-corrected chi connectivity index (χ0v) is 19.4. The lowest BCUT2D eigenvalue weighted by Gasteiger charge is -2.43. The predicted molar refractivity (Wildman–Crippen MR) is 113 cm³/mol. The Balaban J connectivity index is 1.40. The predicted octanol–water partition coefficient (Wildman–Crippen LogP) is 2.19. The number of benzene rings is 1. The molecule has 1 aromatic heterocycles. The first kappa shape index (κ1) is 22.4. The fraction of sp³-hybridized carbons (Fsp3) is 0.609. The van der Waals surface area contributed by atoms with E-state index in [0.29, 0.717) is 12.2 Å². The third kappa shape index (κ3) is 4.17. The molecule has 1 aromatic carbocycles. The minimum Gasteiger partial charge on any atom is -0.449 e. The Labute approximate surface area is 192 Å². The van der Waals surface area contributed by atoms with Gasteiger partial charge in [-0.2, -0.15) is 0 Å². The number of esters is 1. The Morgan fingerprint density at radius 1 is 1.12 bits per heavy atom. The summed E-state index contributed by atoms with van der Waals surface area (Å²) in [6.45, 7) is 9.78. The van der Waals surface area contributed by atoms with Gasteiger partial charge in [0.2, 0.25) is 5.79 Å². The average Bonchev–Trinajstić information content (AvgIpc) is 3.38. The summed E-state index contributed by atoms with van der Waals surface area (Å²) in [6, 6.07) is 9.82. The molecule has 5 rings (SSSR count). The molecule has 2 aromatic rings. The van der Waals surface area contributed by atoms with Crippen LogP contribution in [0.1, 0.15) is 49.4 Å². The van der Waals surface area contributed by atoms with Crippen LogP contribution in [0, 0.1) is 6.92 Å². The number of fused-ring (bicyclic) bond motifs is 1. The van der Waals surface area contributed by atoms with Crippen molar-refractivity contribution in [2.45, 2.75) is 76.8 Å². The van der Waals surface area contributed by atoms with Crippen LogP contribution in [0.25, 0.3) is 0 Å². The van der Waals surface area contributed by atoms with Crippen molar-refractivity contribution in [2.24, 2.45) is 0 Å². The molecule has 4 atom stereocenters. The minimum atomic E-state index is -1.31. The van der Waals surface area contributed by atoms with E-state index in [4.69, 9.17) is 28.4 Å². The number of hydrogen-bond donors (Lipinski definition) is 0. The van der Waals surface area contributed by atoms with E-state index in [1.807, 2.05) is 44.2 Å². The van der Waals surface area contributed by atoms with Gasteiger partial charge in [-0.05, 0) is 40.2 Å². The summed E-state index contributed by atoms with van der Waals surface area (Å²) in [6.07, 6.45) is -1.92. The first-order valence-electron chi connectivity index (χ1n) is 11.1. The number of carbonyl (C=O) groups excluding carboxylic acids is 1. The summed E-state index contributed by atoms with van der Waals surface area (Å²) in [4.78, 5) is 13.3. The van der Waals surface area contributed by atoms with Gasteiger partial charge in [-0.15, -0.1) is 5.10 Å². The third-order valence-corrected chi connectivity index (χ3v) is 6.07. The highest BCUT2D eigenvalue weighted by atomic mass is 16.9. The number of carbonyl (C=O) groups is 1. The van der Waals surface area contributed by atoms with E-state index in [0.717, 1.165) is 5.56 Å². The average molecular weight is 459 g/mol. The monoisotopic (exact) mass is 459 g/mol. The minimum absolute atomic E-state index is 0.0879. The summed E-state index contributed by atoms with van der Waals surface area (Å²) in [5.41, 5.74) is 1.77. The van der Waals surface area contributed by atoms with E-state index in [2.05, 4.69) is 10.3 Å². The molecule has 1 spiro atoms. The molecular weight excluding hydrogens is 430 g/mol. The molecule has 3 saturated heterocycles. The summed E-state index contributed by atoms with van der Waals surface area (Å²) in [5, 5.41) is 8.24. The lowest BCUT2D eigenvalue weighted by Crippen LogP contribution is -2.63. The van der Waals surface area contributed by atoms with Gasteiger partial charge in [0, 0.05) is 0 Å². The standard InChI is InChI=1S/C23H29N3O7/c1-14-17(24-25-26(14)11-15-9-7-6-8-10-15)20(27)30-19-18-16(31-22(4,5)32-18)12-28-23(19)13-29-21(2,3)33-23/h6-10,16,18-19H,11-13H2,1-5H3/t16-,18-,19+,23+/m1/s1. The molecule has 0 N–H and O–H groups in total. The molecule has 33 heavy (non-hydrogen) atoms. The molecule has 0 unspecified atom stereocenters. The van der Waals surface area contributed by atoms with Crippen LogP contribution in [0.3, 0.4) is 0 Å². The van der Waals surface area contributed by atoms with Crippen molar-refractivity contribution in [3.63, 3.8) is 0 Å². The first-order chi connectivity index (χ1) is 15.6. The molecule has 4 heterocycles. The maximum Gasteiger partial charge on any atom is 0.361 e. The van der Waals surface area contributed by atoms with E-state index in [1.54, 1.807) is 25.5 Å². The number of hydrogen-bond acceptors (Lipinski definition) is 9. The maximum absolute atomic E-state index is 13.3. The van der Waals surface area contributed by atoms with Gasteiger partial charge in [0.1, 0.15) is 18.8 Å². The first-order valence-corrected chi connectivity index (χ1v) is 11.1. The lowest BCUT2D eigenvalue weighted by atomic mass is 9.97. The molecule has 178 valence electrons. The van der Waals surface area contributed by atoms with Crippen LogP contribution in [0.2, 0.25) is 0 Å². The summed E-state index contributed by atoms with van der Waals surface area (Å²) >= 11 is 0. The Bertz CT molecular complexity index is 1040. The topological polar surface area (TPSA) is 103 Å². The molecule has 0 bridgehead atoms. The highest BCUT2D eigenvalue weighted by Crippen LogP contribution is 2.45. The molecular formula is C23H29N3O7. The SMILES string of the molecule is Cc1c(C(=O)O[C@H]2[C@@H]3OC(C)(C)O[C@@H]3CO[C@]23COC(C)(C)O3)nnn1Cc1ccccc1. The van der Waals surface area contributed by atoms with Gasteiger partial charge >= 0.3 is 5.97 Å². The number of rotatable bonds is 4. The van der Waals surface area contributed by atoms with Gasteiger partial charge in [-0.3, -0.25) is 0 Å². The normalized spacial score (nSPS) is 32.1. The van der Waals surface area contributed by atoms with E-state index < -0.39 is 41.6 Å². The number of nitrogens with zero attached hydrogens (tertiary/aromatic N) is 3. The van der Waals surface area contributed by atoms with Crippen LogP contribution in [0.4, 0.5) is 0 Å². The van der Waals surface area contributed by atoms with Crippen molar-refractivity contribution < 1.29 is 33.2 Å². The summed E-state index contributed by atoms with van der Waals surface area (Å²) in [7, 11) is 0. The maximum atomic E-state index is 13.3. The van der Waals surface area contributed by atoms with Crippen LogP contribution in [0.15, 0.2) is 30.3 Å². The van der Waals surface area contributed by atoms with E-state index >= 15 is 0 Å². The van der Waals surface area contributed by atoms with Gasteiger partial charge in [-0.25, -0.2) is 9.48 Å². The van der Waals surface area contributed by atoms with Crippen molar-refractivity contribution in [3.05, 3.63) is 47.3 Å². The number of aromatic nitrogens is 3. The van der Waals surface area contributed by atoms with Crippen molar-refractivity contribution >= 4 is 5.97 Å². The molecule has 3 fully saturated rings. The third-order valence-electron chi connectivity index (χ3n) is 6.07. The van der Waals surface area contributed by atoms with Crippen LogP contribution in [-0.2, 0) is 35.0 Å². The quantitative estimate of drug-likeness (QED) is 0.637. The largest absolute Gasteiger partial charge is 0.449 e. The van der Waals surface area contributed by atoms with Gasteiger partial charge in [0.15, 0.2) is 23.4 Å². The molecule has 3 aliphatic rings. The molecule has 0 radical (unpaired) electrons. The van der Waals surface area contributed by atoms with Gasteiger partial charge < -0.3 is 28.4 Å². The van der Waals surface area contributed by atoms with Crippen LogP contribution in [0.5, 0.6) is 0 Å². The van der Waals surface area contributed by atoms with E-state index in [-0.39, 0.29) is 18.9 Å². The fourth-order valence-corrected chi connectivity index (χ4v) is 4.55. The Kier molecular flexibility index (Phi) is 5.33. The van der Waals surface area contributed by atoms with Crippen molar-refractivity contribution in [1.82, 2.24) is 15.0 Å².